The van der Waals surface area contributed by atoms with Crippen molar-refractivity contribution in [2.45, 2.75) is 24.4 Å². The lowest BCUT2D eigenvalue weighted by atomic mass is 9.96. The van der Waals surface area contributed by atoms with Gasteiger partial charge in [0.25, 0.3) is 5.56 Å². The molecule has 4 rings (SSSR count). The second-order valence-corrected chi connectivity index (χ2v) is 8.70. The summed E-state index contributed by atoms with van der Waals surface area (Å²) in [5, 5.41) is 3.39. The first kappa shape index (κ1) is 23.6. The smallest absolute Gasteiger partial charge is 0.266 e. The molecule has 1 atom stereocenters. The Morgan fingerprint density at radius 1 is 1.06 bits per heavy atom. The van der Waals surface area contributed by atoms with Crippen LogP contribution in [-0.4, -0.2) is 27.8 Å². The molecule has 1 amide bonds. The zero-order valence-corrected chi connectivity index (χ0v) is 19.3. The molecular formula is C26H23F2N3O2S. The lowest BCUT2D eigenvalue weighted by molar-refractivity contribution is -0.118. The number of rotatable bonds is 8. The van der Waals surface area contributed by atoms with Crippen LogP contribution in [0.25, 0.3) is 16.6 Å². The molecule has 0 aliphatic rings. The summed E-state index contributed by atoms with van der Waals surface area (Å²) >= 11 is 1.03. The maximum atomic E-state index is 14.6. The Labute approximate surface area is 199 Å². The molecule has 1 heterocycles. The first-order valence-electron chi connectivity index (χ1n) is 10.9. The first-order valence-corrected chi connectivity index (χ1v) is 11.9. The molecule has 1 unspecified atom stereocenters. The Bertz CT molecular complexity index is 1380. The Kier molecular flexibility index (Phi) is 7.37. The van der Waals surface area contributed by atoms with Gasteiger partial charge in [-0.1, -0.05) is 61.2 Å². The van der Waals surface area contributed by atoms with Crippen LogP contribution in [0, 0.1) is 11.6 Å². The number of para-hydroxylation sites is 1. The highest BCUT2D eigenvalue weighted by Gasteiger charge is 2.18. The van der Waals surface area contributed by atoms with Crippen molar-refractivity contribution in [1.29, 1.82) is 0 Å². The number of thioether (sulfide) groups is 1. The van der Waals surface area contributed by atoms with Gasteiger partial charge in [-0.3, -0.25) is 14.2 Å². The number of benzene rings is 3. The Morgan fingerprint density at radius 2 is 1.79 bits per heavy atom. The van der Waals surface area contributed by atoms with E-state index in [1.165, 1.54) is 6.07 Å². The maximum absolute atomic E-state index is 14.6. The summed E-state index contributed by atoms with van der Waals surface area (Å²) in [6.07, 6.45) is 0.868. The van der Waals surface area contributed by atoms with Gasteiger partial charge < -0.3 is 5.32 Å². The van der Waals surface area contributed by atoms with E-state index in [0.717, 1.165) is 34.4 Å². The molecule has 0 aliphatic heterocycles. The van der Waals surface area contributed by atoms with E-state index in [0.29, 0.717) is 23.5 Å². The third kappa shape index (κ3) is 5.17. The van der Waals surface area contributed by atoms with Crippen LogP contribution >= 0.6 is 11.8 Å². The van der Waals surface area contributed by atoms with Crippen LogP contribution in [0.2, 0.25) is 0 Å². The summed E-state index contributed by atoms with van der Waals surface area (Å²) in [5.74, 6) is -1.70. The second kappa shape index (κ2) is 10.6. The van der Waals surface area contributed by atoms with Crippen molar-refractivity contribution in [3.8, 4) is 5.69 Å². The van der Waals surface area contributed by atoms with Crippen molar-refractivity contribution in [2.24, 2.45) is 0 Å². The van der Waals surface area contributed by atoms with Crippen molar-refractivity contribution in [2.75, 3.05) is 12.3 Å². The van der Waals surface area contributed by atoms with Crippen molar-refractivity contribution in [3.63, 3.8) is 0 Å². The van der Waals surface area contributed by atoms with Crippen LogP contribution in [0.15, 0.2) is 82.7 Å². The highest BCUT2D eigenvalue weighted by molar-refractivity contribution is 7.99. The number of carbonyl (C=O) groups is 1. The predicted octanol–water partition coefficient (Wildman–Crippen LogP) is 5.07. The zero-order chi connectivity index (χ0) is 24.1. The van der Waals surface area contributed by atoms with E-state index in [-0.39, 0.29) is 28.4 Å². The van der Waals surface area contributed by atoms with Gasteiger partial charge in [0, 0.05) is 18.5 Å². The number of halogens is 2. The molecule has 0 radical (unpaired) electrons. The largest absolute Gasteiger partial charge is 0.355 e. The standard InChI is InChI=1S/C26H23F2N3O2S/c1-2-17(18-8-4-3-5-9-18)15-29-24(32)16-34-26-30-22-11-7-6-10-20(22)25(33)31(26)23-13-12-19(27)14-21(23)28/h3-14,17H,2,15-16H2,1H3,(H,29,32). The Hall–Kier alpha value is -3.52. The molecular weight excluding hydrogens is 456 g/mol. The third-order valence-electron chi connectivity index (χ3n) is 5.54. The Balaban J connectivity index is 1.57. The number of hydrogen-bond donors (Lipinski definition) is 1. The van der Waals surface area contributed by atoms with Crippen LogP contribution in [-0.2, 0) is 4.79 Å². The molecule has 0 fully saturated rings. The molecule has 4 aromatic rings. The molecule has 174 valence electrons. The van der Waals surface area contributed by atoms with Gasteiger partial charge >= 0.3 is 0 Å². The number of hydrogen-bond acceptors (Lipinski definition) is 4. The highest BCUT2D eigenvalue weighted by atomic mass is 32.2. The van der Waals surface area contributed by atoms with Crippen molar-refractivity contribution < 1.29 is 13.6 Å². The molecule has 5 nitrogen and oxygen atoms in total. The van der Waals surface area contributed by atoms with E-state index in [2.05, 4.69) is 17.2 Å². The summed E-state index contributed by atoms with van der Waals surface area (Å²) in [6, 6.07) is 19.6. The third-order valence-corrected chi connectivity index (χ3v) is 6.48. The fraction of sp³-hybridized carbons (Fsp3) is 0.192. The van der Waals surface area contributed by atoms with E-state index in [4.69, 9.17) is 0 Å². The minimum absolute atomic E-state index is 0.0151. The second-order valence-electron chi connectivity index (χ2n) is 7.76. The quantitative estimate of drug-likeness (QED) is 0.283. The fourth-order valence-electron chi connectivity index (χ4n) is 3.73. The van der Waals surface area contributed by atoms with Gasteiger partial charge in [0.05, 0.1) is 22.3 Å². The monoisotopic (exact) mass is 479 g/mol. The minimum Gasteiger partial charge on any atom is -0.355 e. The van der Waals surface area contributed by atoms with E-state index in [9.17, 15) is 18.4 Å². The number of carbonyl (C=O) groups excluding carboxylic acids is 1. The number of fused-ring (bicyclic) bond motifs is 1. The van der Waals surface area contributed by atoms with Gasteiger partial charge in [-0.15, -0.1) is 0 Å². The van der Waals surface area contributed by atoms with Crippen molar-refractivity contribution in [1.82, 2.24) is 14.9 Å². The Morgan fingerprint density at radius 3 is 2.53 bits per heavy atom. The van der Waals surface area contributed by atoms with E-state index in [1.54, 1.807) is 24.3 Å². The molecule has 0 aliphatic carbocycles. The van der Waals surface area contributed by atoms with Gasteiger partial charge in [0.15, 0.2) is 5.16 Å². The summed E-state index contributed by atoms with van der Waals surface area (Å²) < 4.78 is 29.2. The van der Waals surface area contributed by atoms with Gasteiger partial charge in [0.2, 0.25) is 5.91 Å². The normalized spacial score (nSPS) is 12.0. The fourth-order valence-corrected chi connectivity index (χ4v) is 4.56. The van der Waals surface area contributed by atoms with E-state index < -0.39 is 17.2 Å². The molecule has 0 saturated carbocycles. The molecule has 0 bridgehead atoms. The van der Waals surface area contributed by atoms with Crippen LogP contribution in [0.5, 0.6) is 0 Å². The van der Waals surface area contributed by atoms with E-state index >= 15 is 0 Å². The number of aromatic nitrogens is 2. The van der Waals surface area contributed by atoms with Gasteiger partial charge in [-0.2, -0.15) is 0 Å². The van der Waals surface area contributed by atoms with Crippen LogP contribution in [0.4, 0.5) is 8.78 Å². The molecule has 1 N–H and O–H groups in total. The molecule has 0 spiro atoms. The highest BCUT2D eigenvalue weighted by Crippen LogP contribution is 2.24. The van der Waals surface area contributed by atoms with Gasteiger partial charge in [-0.25, -0.2) is 13.8 Å². The summed E-state index contributed by atoms with van der Waals surface area (Å²) in [7, 11) is 0. The summed E-state index contributed by atoms with van der Waals surface area (Å²) in [5.41, 5.74) is 0.968. The molecule has 8 heteroatoms. The van der Waals surface area contributed by atoms with Crippen molar-refractivity contribution in [3.05, 3.63) is 100 Å². The van der Waals surface area contributed by atoms with Crippen LogP contribution < -0.4 is 10.9 Å². The summed E-state index contributed by atoms with van der Waals surface area (Å²) in [6.45, 7) is 2.54. The molecule has 0 saturated heterocycles. The topological polar surface area (TPSA) is 64.0 Å². The predicted molar refractivity (Wildman–Crippen MR) is 130 cm³/mol. The van der Waals surface area contributed by atoms with E-state index in [1.807, 2.05) is 30.3 Å². The number of nitrogens with zero attached hydrogens (tertiary/aromatic N) is 2. The molecule has 3 aromatic carbocycles. The van der Waals surface area contributed by atoms with Crippen LogP contribution in [0.3, 0.4) is 0 Å². The number of nitrogens with one attached hydrogen (secondary N) is 1. The average molecular weight is 480 g/mol. The summed E-state index contributed by atoms with van der Waals surface area (Å²) in [4.78, 5) is 30.3. The number of amides is 1. The van der Waals surface area contributed by atoms with Gasteiger partial charge in [0.1, 0.15) is 11.6 Å². The maximum Gasteiger partial charge on any atom is 0.266 e. The van der Waals surface area contributed by atoms with Gasteiger partial charge in [-0.05, 0) is 36.2 Å². The van der Waals surface area contributed by atoms with Crippen LogP contribution in [0.1, 0.15) is 24.8 Å². The molecule has 1 aromatic heterocycles. The zero-order valence-electron chi connectivity index (χ0n) is 18.5. The average Bonchev–Trinajstić information content (AvgIpc) is 2.85. The molecule has 34 heavy (non-hydrogen) atoms. The minimum atomic E-state index is -0.890. The van der Waals surface area contributed by atoms with Crippen molar-refractivity contribution >= 4 is 28.6 Å². The first-order chi connectivity index (χ1) is 16.5. The SMILES string of the molecule is CCC(CNC(=O)CSc1nc2ccccc2c(=O)n1-c1ccc(F)cc1F)c1ccccc1. The lowest BCUT2D eigenvalue weighted by Crippen LogP contribution is -2.30. The lowest BCUT2D eigenvalue weighted by Gasteiger charge is -2.17.